The van der Waals surface area contributed by atoms with Crippen molar-refractivity contribution in [1.82, 2.24) is 0 Å². The van der Waals surface area contributed by atoms with E-state index >= 15 is 0 Å². The summed E-state index contributed by atoms with van der Waals surface area (Å²) in [6, 6.07) is 0. The Morgan fingerprint density at radius 2 is 2.00 bits per heavy atom. The van der Waals surface area contributed by atoms with E-state index < -0.39 is 0 Å². The Hall–Kier alpha value is -0.520. The molecule has 0 unspecified atom stereocenters. The molecule has 0 atom stereocenters. The van der Waals surface area contributed by atoms with E-state index in [-0.39, 0.29) is 0 Å². The van der Waals surface area contributed by atoms with E-state index in [4.69, 9.17) is 4.74 Å². The van der Waals surface area contributed by atoms with Gasteiger partial charge in [0.15, 0.2) is 0 Å². The summed E-state index contributed by atoms with van der Waals surface area (Å²) in [6.07, 6.45) is 2.42. The zero-order valence-electron chi connectivity index (χ0n) is 6.31. The molecule has 1 heterocycles. The first-order valence-corrected chi connectivity index (χ1v) is 3.93. The van der Waals surface area contributed by atoms with Crippen molar-refractivity contribution in [2.24, 2.45) is 5.92 Å². The van der Waals surface area contributed by atoms with E-state index in [0.717, 1.165) is 19.1 Å². The molecule has 0 N–H and O–H groups in total. The smallest absolute Gasteiger partial charge is 0.0472 e. The topological polar surface area (TPSA) is 9.23 Å². The summed E-state index contributed by atoms with van der Waals surface area (Å²) in [5.74, 6) is 0.786. The molecule has 2 rings (SSSR count). The van der Waals surface area contributed by atoms with Crippen molar-refractivity contribution in [2.45, 2.75) is 19.8 Å². The molecule has 1 nitrogen and oxygen atoms in total. The van der Waals surface area contributed by atoms with Crippen molar-refractivity contribution in [3.63, 3.8) is 0 Å². The summed E-state index contributed by atoms with van der Waals surface area (Å²) in [5.41, 5.74) is 6.16. The molecule has 1 aliphatic heterocycles. The molecule has 1 fully saturated rings. The molecule has 1 heteroatoms. The van der Waals surface area contributed by atoms with E-state index in [1.165, 1.54) is 24.0 Å². The molecule has 54 valence electrons. The minimum absolute atomic E-state index is 0.786. The van der Waals surface area contributed by atoms with Crippen molar-refractivity contribution in [2.75, 3.05) is 13.2 Å². The Morgan fingerprint density at radius 3 is 2.50 bits per heavy atom. The summed E-state index contributed by atoms with van der Waals surface area (Å²) < 4.78 is 5.26. The monoisotopic (exact) mass is 136 g/mol. The average molecular weight is 136 g/mol. The van der Waals surface area contributed by atoms with Gasteiger partial charge in [0, 0.05) is 24.4 Å². The second kappa shape index (κ2) is 2.26. The highest BCUT2D eigenvalue weighted by Gasteiger charge is 2.23. The second-order valence-electron chi connectivity index (χ2n) is 3.05. The molecular weight excluding hydrogens is 124 g/mol. The summed E-state index contributed by atoms with van der Waals surface area (Å²) in [6.45, 7) is 4.04. The van der Waals surface area contributed by atoms with Crippen molar-refractivity contribution < 1.29 is 4.74 Å². The maximum Gasteiger partial charge on any atom is 0.0472 e. The molecule has 2 aliphatic rings. The van der Waals surface area contributed by atoms with Crippen molar-refractivity contribution in [1.29, 1.82) is 0 Å². The lowest BCUT2D eigenvalue weighted by Gasteiger charge is -2.19. The van der Waals surface area contributed by atoms with Crippen LogP contribution in [0.5, 0.6) is 0 Å². The maximum absolute atomic E-state index is 5.26. The maximum atomic E-state index is 5.26. The van der Waals surface area contributed by atoms with Crippen LogP contribution in [0, 0.1) is 5.92 Å². The third-order valence-corrected chi connectivity index (χ3v) is 2.29. The minimum Gasteiger partial charge on any atom is -0.381 e. The van der Waals surface area contributed by atoms with Gasteiger partial charge in [0.05, 0.1) is 0 Å². The van der Waals surface area contributed by atoms with Gasteiger partial charge in [0.2, 0.25) is 0 Å². The fraction of sp³-hybridized carbons (Fsp3) is 0.667. The van der Waals surface area contributed by atoms with Crippen molar-refractivity contribution >= 4 is 0 Å². The van der Waals surface area contributed by atoms with Gasteiger partial charge < -0.3 is 4.74 Å². The Bertz CT molecular complexity index is 203. The molecule has 0 aromatic heterocycles. The molecule has 0 amide bonds. The highest BCUT2D eigenvalue weighted by atomic mass is 16.5. The third-order valence-electron chi connectivity index (χ3n) is 2.29. The van der Waals surface area contributed by atoms with Gasteiger partial charge in [-0.25, -0.2) is 0 Å². The van der Waals surface area contributed by atoms with E-state index in [1.54, 1.807) is 0 Å². The molecular formula is C9H12O. The van der Waals surface area contributed by atoms with Gasteiger partial charge in [-0.15, -0.1) is 5.73 Å². The second-order valence-corrected chi connectivity index (χ2v) is 3.05. The standard InChI is InChI=1S/C9H12O/c1-7-6-9(7)8-2-4-10-5-3-8/h8H,2-5H2,1H3. The van der Waals surface area contributed by atoms with Gasteiger partial charge in [0.1, 0.15) is 0 Å². The van der Waals surface area contributed by atoms with Crippen LogP contribution in [-0.2, 0) is 4.74 Å². The lowest BCUT2D eigenvalue weighted by Crippen LogP contribution is -2.15. The fourth-order valence-corrected chi connectivity index (χ4v) is 1.57. The predicted molar refractivity (Wildman–Crippen MR) is 39.8 cm³/mol. The van der Waals surface area contributed by atoms with Gasteiger partial charge in [-0.05, 0) is 25.7 Å². The van der Waals surface area contributed by atoms with Crippen molar-refractivity contribution in [3.05, 3.63) is 16.9 Å². The minimum atomic E-state index is 0.786. The SMILES string of the molecule is CC1=C=C1C1CCOCC1. The first-order valence-electron chi connectivity index (χ1n) is 3.93. The Morgan fingerprint density at radius 1 is 1.40 bits per heavy atom. The van der Waals surface area contributed by atoms with Gasteiger partial charge in [-0.3, -0.25) is 0 Å². The number of hydrogen-bond donors (Lipinski definition) is 0. The lowest BCUT2D eigenvalue weighted by atomic mass is 9.95. The van der Waals surface area contributed by atoms with Crippen LogP contribution in [0.25, 0.3) is 0 Å². The summed E-state index contributed by atoms with van der Waals surface area (Å²) in [5, 5.41) is 0. The predicted octanol–water partition coefficient (Wildman–Crippen LogP) is 1.90. The molecule has 0 aromatic rings. The molecule has 0 aromatic carbocycles. The number of ether oxygens (including phenoxy) is 1. The van der Waals surface area contributed by atoms with E-state index in [1.807, 2.05) is 0 Å². The first kappa shape index (κ1) is 6.21. The van der Waals surface area contributed by atoms with Gasteiger partial charge in [-0.2, -0.15) is 0 Å². The molecule has 1 saturated heterocycles. The van der Waals surface area contributed by atoms with Crippen LogP contribution in [0.2, 0.25) is 0 Å². The fourth-order valence-electron chi connectivity index (χ4n) is 1.57. The molecule has 0 saturated carbocycles. The van der Waals surface area contributed by atoms with Crippen LogP contribution in [-0.4, -0.2) is 13.2 Å². The van der Waals surface area contributed by atoms with E-state index in [2.05, 4.69) is 12.7 Å². The Labute approximate surface area is 61.4 Å². The molecule has 1 aliphatic carbocycles. The normalized spacial score (nSPS) is 25.7. The Kier molecular flexibility index (Phi) is 1.40. The summed E-state index contributed by atoms with van der Waals surface area (Å²) >= 11 is 0. The van der Waals surface area contributed by atoms with Crippen LogP contribution in [0.4, 0.5) is 0 Å². The largest absolute Gasteiger partial charge is 0.381 e. The van der Waals surface area contributed by atoms with Crippen LogP contribution >= 0.6 is 0 Å². The molecule has 0 radical (unpaired) electrons. The summed E-state index contributed by atoms with van der Waals surface area (Å²) in [7, 11) is 0. The number of allylic oxidation sites excluding steroid dienone is 1. The number of hydrogen-bond acceptors (Lipinski definition) is 1. The highest BCUT2D eigenvalue weighted by molar-refractivity contribution is 5.44. The van der Waals surface area contributed by atoms with Crippen molar-refractivity contribution in [3.8, 4) is 0 Å². The zero-order valence-corrected chi connectivity index (χ0v) is 6.31. The van der Waals surface area contributed by atoms with Crippen LogP contribution < -0.4 is 0 Å². The molecule has 0 bridgehead atoms. The molecule has 10 heavy (non-hydrogen) atoms. The Balaban J connectivity index is 1.88. The average Bonchev–Trinajstić information content (AvgIpc) is 2.69. The first-order chi connectivity index (χ1) is 4.88. The van der Waals surface area contributed by atoms with Crippen LogP contribution in [0.1, 0.15) is 19.8 Å². The third kappa shape index (κ3) is 1.03. The van der Waals surface area contributed by atoms with Crippen LogP contribution in [0.15, 0.2) is 16.9 Å². The van der Waals surface area contributed by atoms with E-state index in [9.17, 15) is 0 Å². The van der Waals surface area contributed by atoms with Gasteiger partial charge in [0.25, 0.3) is 0 Å². The lowest BCUT2D eigenvalue weighted by molar-refractivity contribution is 0.0770. The van der Waals surface area contributed by atoms with E-state index in [0.29, 0.717) is 0 Å². The number of rotatable bonds is 1. The molecule has 0 spiro atoms. The summed E-state index contributed by atoms with van der Waals surface area (Å²) in [4.78, 5) is 0. The van der Waals surface area contributed by atoms with Crippen LogP contribution in [0.3, 0.4) is 0 Å². The quantitative estimate of drug-likeness (QED) is 0.500. The van der Waals surface area contributed by atoms with Gasteiger partial charge in [-0.1, -0.05) is 0 Å². The zero-order chi connectivity index (χ0) is 6.97. The highest BCUT2D eigenvalue weighted by Crippen LogP contribution is 2.34. The van der Waals surface area contributed by atoms with Gasteiger partial charge >= 0.3 is 0 Å².